The zero-order valence-corrected chi connectivity index (χ0v) is 12.2. The van der Waals surface area contributed by atoms with Gasteiger partial charge >= 0.3 is 12.8 Å². The summed E-state index contributed by atoms with van der Waals surface area (Å²) < 4.78 is 25.2. The van der Waals surface area contributed by atoms with Crippen molar-refractivity contribution in [2.24, 2.45) is 0 Å². The third-order valence-electron chi connectivity index (χ3n) is 3.98. The van der Waals surface area contributed by atoms with Crippen molar-refractivity contribution in [3.8, 4) is 0 Å². The molecule has 1 heterocycles. The number of nitro groups is 1. The molecular weight excluding hydrogens is 280 g/mol. The van der Waals surface area contributed by atoms with Gasteiger partial charge in [-0.15, -0.1) is 0 Å². The Morgan fingerprint density at radius 1 is 1.24 bits per heavy atom. The molecule has 0 saturated carbocycles. The Morgan fingerprint density at radius 2 is 1.76 bits per heavy atom. The standard InChI is InChI=1S/C13H15BFNO5/c1-12(2)13(3,4)21-14(20-12)9-6-10(15)11(16(18)19)5-8(9)7-17/h5-7H,1-4H3. The lowest BCUT2D eigenvalue weighted by atomic mass is 9.76. The van der Waals surface area contributed by atoms with Crippen molar-refractivity contribution >= 4 is 24.6 Å². The Bertz CT molecular complexity index is 601. The van der Waals surface area contributed by atoms with Gasteiger partial charge in [0.25, 0.3) is 0 Å². The lowest BCUT2D eigenvalue weighted by molar-refractivity contribution is -0.387. The first kappa shape index (κ1) is 15.6. The normalized spacial score (nSPS) is 19.6. The van der Waals surface area contributed by atoms with E-state index in [0.717, 1.165) is 12.1 Å². The molecule has 8 heteroatoms. The molecule has 1 saturated heterocycles. The average Bonchev–Trinajstić information content (AvgIpc) is 2.57. The minimum Gasteiger partial charge on any atom is -0.399 e. The Kier molecular flexibility index (Phi) is 3.63. The molecular formula is C13H15BFNO5. The quantitative estimate of drug-likeness (QED) is 0.368. The van der Waals surface area contributed by atoms with Gasteiger partial charge in [0.2, 0.25) is 0 Å². The van der Waals surface area contributed by atoms with Gasteiger partial charge in [-0.1, -0.05) is 0 Å². The van der Waals surface area contributed by atoms with Gasteiger partial charge < -0.3 is 9.31 Å². The number of hydrogen-bond donors (Lipinski definition) is 0. The number of carbonyl (C=O) groups is 1. The maximum atomic E-state index is 13.8. The van der Waals surface area contributed by atoms with Crippen molar-refractivity contribution in [1.82, 2.24) is 0 Å². The highest BCUT2D eigenvalue weighted by Gasteiger charge is 2.52. The number of aldehydes is 1. The molecule has 0 unspecified atom stereocenters. The molecule has 2 rings (SSSR count). The molecule has 112 valence electrons. The first-order chi connectivity index (χ1) is 9.59. The van der Waals surface area contributed by atoms with Crippen LogP contribution in [0.3, 0.4) is 0 Å². The summed E-state index contributed by atoms with van der Waals surface area (Å²) in [6.07, 6.45) is 0.423. The zero-order valence-electron chi connectivity index (χ0n) is 12.2. The van der Waals surface area contributed by atoms with Gasteiger partial charge in [-0.3, -0.25) is 14.9 Å². The maximum absolute atomic E-state index is 13.8. The fraction of sp³-hybridized carbons (Fsp3) is 0.462. The topological polar surface area (TPSA) is 78.7 Å². The summed E-state index contributed by atoms with van der Waals surface area (Å²) >= 11 is 0. The zero-order chi connectivity index (χ0) is 16.0. The van der Waals surface area contributed by atoms with Crippen LogP contribution >= 0.6 is 0 Å². The number of nitro benzene ring substituents is 1. The Hall–Kier alpha value is -1.80. The molecule has 1 aromatic rings. The molecule has 1 aliphatic rings. The molecule has 0 amide bonds. The van der Waals surface area contributed by atoms with Gasteiger partial charge in [0, 0.05) is 11.6 Å². The largest absolute Gasteiger partial charge is 0.495 e. The van der Waals surface area contributed by atoms with Crippen molar-refractivity contribution in [3.05, 3.63) is 33.6 Å². The third-order valence-corrected chi connectivity index (χ3v) is 3.98. The third kappa shape index (κ3) is 2.56. The molecule has 0 N–H and O–H groups in total. The fourth-order valence-electron chi connectivity index (χ4n) is 2.01. The van der Waals surface area contributed by atoms with E-state index in [-0.39, 0.29) is 11.0 Å². The second kappa shape index (κ2) is 4.89. The first-order valence-corrected chi connectivity index (χ1v) is 6.38. The highest BCUT2D eigenvalue weighted by atomic mass is 19.1. The van der Waals surface area contributed by atoms with E-state index in [1.54, 1.807) is 0 Å². The van der Waals surface area contributed by atoms with Crippen LogP contribution in [0.1, 0.15) is 38.1 Å². The number of benzene rings is 1. The van der Waals surface area contributed by atoms with Gasteiger partial charge in [0.05, 0.1) is 16.1 Å². The Balaban J connectivity index is 2.49. The second-order valence-electron chi connectivity index (χ2n) is 5.90. The lowest BCUT2D eigenvalue weighted by Crippen LogP contribution is -2.41. The van der Waals surface area contributed by atoms with Crippen LogP contribution < -0.4 is 5.46 Å². The Morgan fingerprint density at radius 3 is 2.19 bits per heavy atom. The number of hydrogen-bond acceptors (Lipinski definition) is 5. The van der Waals surface area contributed by atoms with Crippen LogP contribution in [0.2, 0.25) is 0 Å². The average molecular weight is 295 g/mol. The first-order valence-electron chi connectivity index (χ1n) is 6.38. The minimum absolute atomic E-state index is 0.0263. The number of rotatable bonds is 3. The van der Waals surface area contributed by atoms with E-state index in [4.69, 9.17) is 9.31 Å². The highest BCUT2D eigenvalue weighted by molar-refractivity contribution is 6.63. The predicted molar refractivity (Wildman–Crippen MR) is 74.2 cm³/mol. The van der Waals surface area contributed by atoms with E-state index in [0.29, 0.717) is 6.29 Å². The summed E-state index contributed by atoms with van der Waals surface area (Å²) in [5.41, 5.74) is -1.95. The predicted octanol–water partition coefficient (Wildman–Crippen LogP) is 1.85. The summed E-state index contributed by atoms with van der Waals surface area (Å²) in [5.74, 6) is -1.03. The van der Waals surface area contributed by atoms with Crippen molar-refractivity contribution < 1.29 is 23.4 Å². The molecule has 0 spiro atoms. The van der Waals surface area contributed by atoms with Gasteiger partial charge in [0.1, 0.15) is 6.29 Å². The number of nitrogens with zero attached hydrogens (tertiary/aromatic N) is 1. The fourth-order valence-corrected chi connectivity index (χ4v) is 2.01. The molecule has 6 nitrogen and oxygen atoms in total. The van der Waals surface area contributed by atoms with Crippen LogP contribution in [0, 0.1) is 15.9 Å². The van der Waals surface area contributed by atoms with E-state index >= 15 is 0 Å². The Labute approximate surface area is 121 Å². The second-order valence-corrected chi connectivity index (χ2v) is 5.90. The maximum Gasteiger partial charge on any atom is 0.495 e. The summed E-state index contributed by atoms with van der Waals surface area (Å²) in [7, 11) is -0.953. The van der Waals surface area contributed by atoms with Crippen LogP contribution in [0.4, 0.5) is 10.1 Å². The van der Waals surface area contributed by atoms with Crippen LogP contribution in [-0.2, 0) is 9.31 Å². The molecule has 1 aliphatic heterocycles. The van der Waals surface area contributed by atoms with E-state index in [1.165, 1.54) is 0 Å². The minimum atomic E-state index is -1.03. The van der Waals surface area contributed by atoms with Crippen molar-refractivity contribution in [2.45, 2.75) is 38.9 Å². The number of carbonyl (C=O) groups excluding carboxylic acids is 1. The molecule has 1 aromatic carbocycles. The van der Waals surface area contributed by atoms with E-state index < -0.39 is 34.7 Å². The van der Waals surface area contributed by atoms with Gasteiger partial charge in [-0.05, 0) is 39.2 Å². The van der Waals surface area contributed by atoms with Crippen molar-refractivity contribution in [3.63, 3.8) is 0 Å². The number of halogens is 1. The van der Waals surface area contributed by atoms with E-state index in [2.05, 4.69) is 0 Å². The monoisotopic (exact) mass is 295 g/mol. The summed E-state index contributed by atoms with van der Waals surface area (Å²) in [6, 6.07) is 1.81. The molecule has 21 heavy (non-hydrogen) atoms. The van der Waals surface area contributed by atoms with E-state index in [1.807, 2.05) is 27.7 Å². The molecule has 0 aromatic heterocycles. The summed E-state index contributed by atoms with van der Waals surface area (Å²) in [4.78, 5) is 21.0. The van der Waals surface area contributed by atoms with Crippen LogP contribution in [0.15, 0.2) is 12.1 Å². The van der Waals surface area contributed by atoms with Gasteiger partial charge in [-0.2, -0.15) is 4.39 Å². The SMILES string of the molecule is CC1(C)OB(c2cc(F)c([N+](=O)[O-])cc2C=O)OC1(C)C. The molecule has 0 radical (unpaired) electrons. The van der Waals surface area contributed by atoms with Crippen LogP contribution in [0.25, 0.3) is 0 Å². The van der Waals surface area contributed by atoms with Gasteiger partial charge in [-0.25, -0.2) is 0 Å². The molecule has 0 bridgehead atoms. The highest BCUT2D eigenvalue weighted by Crippen LogP contribution is 2.36. The summed E-state index contributed by atoms with van der Waals surface area (Å²) in [6.45, 7) is 7.26. The molecule has 1 fully saturated rings. The van der Waals surface area contributed by atoms with Crippen molar-refractivity contribution in [2.75, 3.05) is 0 Å². The van der Waals surface area contributed by atoms with Crippen LogP contribution in [-0.4, -0.2) is 29.5 Å². The van der Waals surface area contributed by atoms with Crippen LogP contribution in [0.5, 0.6) is 0 Å². The molecule has 0 aliphatic carbocycles. The van der Waals surface area contributed by atoms with Crippen molar-refractivity contribution in [1.29, 1.82) is 0 Å². The lowest BCUT2D eigenvalue weighted by Gasteiger charge is -2.32. The smallest absolute Gasteiger partial charge is 0.399 e. The van der Waals surface area contributed by atoms with Gasteiger partial charge in [0.15, 0.2) is 5.82 Å². The van der Waals surface area contributed by atoms with E-state index in [9.17, 15) is 19.3 Å². The molecule has 0 atom stereocenters. The summed E-state index contributed by atoms with van der Waals surface area (Å²) in [5, 5.41) is 10.7.